The zero-order chi connectivity index (χ0) is 18.9. The molecule has 2 aromatic heterocycles. The van der Waals surface area contributed by atoms with Crippen LogP contribution < -0.4 is 0 Å². The lowest BCUT2D eigenvalue weighted by atomic mass is 9.78. The SMILES string of the molecule is CCCN1CCc2[nH]cnc2C12CCN(Cc1cc(CC(C)C)n[nH]1)CC2. The molecule has 4 rings (SSSR count). The lowest BCUT2D eigenvalue weighted by molar-refractivity contribution is 0.00324. The number of rotatable bonds is 6. The maximum atomic E-state index is 4.77. The Morgan fingerprint density at radius 3 is 2.78 bits per heavy atom. The molecule has 6 heteroatoms. The zero-order valence-electron chi connectivity index (χ0n) is 17.1. The van der Waals surface area contributed by atoms with Crippen molar-refractivity contribution in [1.29, 1.82) is 0 Å². The predicted octanol–water partition coefficient (Wildman–Crippen LogP) is 3.09. The van der Waals surface area contributed by atoms with Gasteiger partial charge in [0.05, 0.1) is 23.3 Å². The lowest BCUT2D eigenvalue weighted by Gasteiger charge is -2.50. The molecule has 0 aromatic carbocycles. The first-order chi connectivity index (χ1) is 13.1. The Kier molecular flexibility index (Phi) is 5.37. The molecule has 2 N–H and O–H groups in total. The van der Waals surface area contributed by atoms with E-state index in [4.69, 9.17) is 4.98 Å². The van der Waals surface area contributed by atoms with Crippen LogP contribution in [0.2, 0.25) is 0 Å². The highest BCUT2D eigenvalue weighted by atomic mass is 15.3. The molecular formula is C21H34N6. The number of aromatic amines is 2. The van der Waals surface area contributed by atoms with Crippen LogP contribution in [0.15, 0.2) is 12.4 Å². The average molecular weight is 371 g/mol. The van der Waals surface area contributed by atoms with Gasteiger partial charge >= 0.3 is 0 Å². The van der Waals surface area contributed by atoms with Crippen LogP contribution in [0.3, 0.4) is 0 Å². The van der Waals surface area contributed by atoms with E-state index in [2.05, 4.69) is 51.8 Å². The third kappa shape index (κ3) is 3.69. The van der Waals surface area contributed by atoms with Crippen molar-refractivity contribution in [2.45, 2.75) is 65.0 Å². The van der Waals surface area contributed by atoms with E-state index < -0.39 is 0 Å². The van der Waals surface area contributed by atoms with Crippen molar-refractivity contribution < 1.29 is 0 Å². The summed E-state index contributed by atoms with van der Waals surface area (Å²) in [6.45, 7) is 12.3. The van der Waals surface area contributed by atoms with Crippen LogP contribution in [0.25, 0.3) is 0 Å². The number of piperidine rings is 1. The van der Waals surface area contributed by atoms with Gasteiger partial charge in [-0.2, -0.15) is 5.10 Å². The molecule has 27 heavy (non-hydrogen) atoms. The number of likely N-dealkylation sites (tertiary alicyclic amines) is 1. The van der Waals surface area contributed by atoms with E-state index in [9.17, 15) is 0 Å². The Hall–Kier alpha value is -1.66. The normalized spacial score (nSPS) is 20.4. The summed E-state index contributed by atoms with van der Waals surface area (Å²) in [6, 6.07) is 2.25. The summed E-state index contributed by atoms with van der Waals surface area (Å²) in [5.41, 5.74) is 5.26. The minimum absolute atomic E-state index is 0.136. The standard InChI is InChI=1S/C21H34N6/c1-4-8-27-9-5-19-20(23-15-22-19)21(27)6-10-26(11-7-21)14-18-13-17(24-25-18)12-16(2)3/h13,15-16H,4-12,14H2,1-3H3,(H,22,23)(H,24,25). The third-order valence-electron chi connectivity index (χ3n) is 6.27. The minimum atomic E-state index is 0.136. The van der Waals surface area contributed by atoms with E-state index in [1.165, 1.54) is 35.7 Å². The van der Waals surface area contributed by atoms with E-state index in [0.29, 0.717) is 5.92 Å². The van der Waals surface area contributed by atoms with Gasteiger partial charge in [-0.15, -0.1) is 0 Å². The van der Waals surface area contributed by atoms with Crippen molar-refractivity contribution in [3.05, 3.63) is 35.2 Å². The van der Waals surface area contributed by atoms with Gasteiger partial charge in [0.15, 0.2) is 0 Å². The molecule has 148 valence electrons. The van der Waals surface area contributed by atoms with Gasteiger partial charge in [-0.3, -0.25) is 14.9 Å². The first-order valence-electron chi connectivity index (χ1n) is 10.6. The smallest absolute Gasteiger partial charge is 0.0926 e. The Morgan fingerprint density at radius 2 is 2.04 bits per heavy atom. The molecule has 1 fully saturated rings. The van der Waals surface area contributed by atoms with E-state index in [1.54, 1.807) is 0 Å². The molecule has 2 aliphatic rings. The van der Waals surface area contributed by atoms with Gasteiger partial charge in [-0.25, -0.2) is 4.98 Å². The highest BCUT2D eigenvalue weighted by Gasteiger charge is 2.46. The lowest BCUT2D eigenvalue weighted by Crippen LogP contribution is -2.56. The Balaban J connectivity index is 1.43. The van der Waals surface area contributed by atoms with Crippen LogP contribution in [-0.4, -0.2) is 56.1 Å². The van der Waals surface area contributed by atoms with Crippen molar-refractivity contribution in [2.75, 3.05) is 26.2 Å². The van der Waals surface area contributed by atoms with Crippen LogP contribution >= 0.6 is 0 Å². The molecule has 2 aliphatic heterocycles. The van der Waals surface area contributed by atoms with Crippen LogP contribution in [0.5, 0.6) is 0 Å². The van der Waals surface area contributed by atoms with E-state index in [1.807, 2.05) is 6.33 Å². The van der Waals surface area contributed by atoms with Crippen LogP contribution in [0, 0.1) is 5.92 Å². The van der Waals surface area contributed by atoms with Gasteiger partial charge in [0.1, 0.15) is 0 Å². The van der Waals surface area contributed by atoms with E-state index in [0.717, 1.165) is 51.9 Å². The molecule has 0 atom stereocenters. The summed E-state index contributed by atoms with van der Waals surface area (Å²) in [4.78, 5) is 13.5. The first-order valence-corrected chi connectivity index (χ1v) is 10.6. The first kappa shape index (κ1) is 18.7. The number of H-pyrrole nitrogens is 2. The van der Waals surface area contributed by atoms with Gasteiger partial charge in [0, 0.05) is 44.0 Å². The summed E-state index contributed by atoms with van der Waals surface area (Å²) >= 11 is 0. The monoisotopic (exact) mass is 370 g/mol. The van der Waals surface area contributed by atoms with Gasteiger partial charge in [0.2, 0.25) is 0 Å². The molecule has 4 heterocycles. The molecule has 2 aromatic rings. The summed E-state index contributed by atoms with van der Waals surface area (Å²) in [5, 5.41) is 7.74. The Bertz CT molecular complexity index is 737. The number of hydrogen-bond donors (Lipinski definition) is 2. The Labute approximate surface area is 162 Å². The molecule has 0 amide bonds. The summed E-state index contributed by atoms with van der Waals surface area (Å²) in [5.74, 6) is 0.648. The fraction of sp³-hybridized carbons (Fsp3) is 0.714. The minimum Gasteiger partial charge on any atom is -0.348 e. The Morgan fingerprint density at radius 1 is 1.22 bits per heavy atom. The van der Waals surface area contributed by atoms with Crippen molar-refractivity contribution in [2.24, 2.45) is 5.92 Å². The quantitative estimate of drug-likeness (QED) is 0.820. The molecule has 0 bridgehead atoms. The van der Waals surface area contributed by atoms with Gasteiger partial charge in [0.25, 0.3) is 0 Å². The molecule has 1 spiro atoms. The van der Waals surface area contributed by atoms with Crippen molar-refractivity contribution in [1.82, 2.24) is 30.0 Å². The van der Waals surface area contributed by atoms with Crippen LogP contribution in [0.4, 0.5) is 0 Å². The zero-order valence-corrected chi connectivity index (χ0v) is 17.1. The molecule has 0 aliphatic carbocycles. The second kappa shape index (κ2) is 7.76. The highest BCUT2D eigenvalue weighted by Crippen LogP contribution is 2.42. The van der Waals surface area contributed by atoms with Gasteiger partial charge < -0.3 is 4.98 Å². The van der Waals surface area contributed by atoms with E-state index >= 15 is 0 Å². The summed E-state index contributed by atoms with van der Waals surface area (Å²) < 4.78 is 0. The number of aromatic nitrogens is 4. The average Bonchev–Trinajstić information content (AvgIpc) is 3.29. The van der Waals surface area contributed by atoms with E-state index in [-0.39, 0.29) is 5.54 Å². The third-order valence-corrected chi connectivity index (χ3v) is 6.27. The topological polar surface area (TPSA) is 63.8 Å². The summed E-state index contributed by atoms with van der Waals surface area (Å²) in [6.07, 6.45) is 7.59. The molecule has 6 nitrogen and oxygen atoms in total. The second-order valence-electron chi connectivity index (χ2n) is 8.76. The number of nitrogens with zero attached hydrogens (tertiary/aromatic N) is 4. The van der Waals surface area contributed by atoms with Crippen LogP contribution in [0.1, 0.15) is 62.8 Å². The van der Waals surface area contributed by atoms with Crippen molar-refractivity contribution in [3.8, 4) is 0 Å². The molecule has 0 radical (unpaired) electrons. The second-order valence-corrected chi connectivity index (χ2v) is 8.76. The predicted molar refractivity (Wildman–Crippen MR) is 107 cm³/mol. The fourth-order valence-corrected chi connectivity index (χ4v) is 5.01. The van der Waals surface area contributed by atoms with Crippen molar-refractivity contribution in [3.63, 3.8) is 0 Å². The maximum Gasteiger partial charge on any atom is 0.0926 e. The largest absolute Gasteiger partial charge is 0.348 e. The highest BCUT2D eigenvalue weighted by molar-refractivity contribution is 5.27. The number of hydrogen-bond acceptors (Lipinski definition) is 4. The molecule has 0 saturated carbocycles. The number of imidazole rings is 1. The number of nitrogens with one attached hydrogen (secondary N) is 2. The molecule has 1 saturated heterocycles. The summed E-state index contributed by atoms with van der Waals surface area (Å²) in [7, 11) is 0. The van der Waals surface area contributed by atoms with Crippen LogP contribution in [-0.2, 0) is 24.9 Å². The molecule has 0 unspecified atom stereocenters. The van der Waals surface area contributed by atoms with Crippen molar-refractivity contribution >= 4 is 0 Å². The van der Waals surface area contributed by atoms with Gasteiger partial charge in [-0.1, -0.05) is 20.8 Å². The molecular weight excluding hydrogens is 336 g/mol. The van der Waals surface area contributed by atoms with Gasteiger partial charge in [-0.05, 0) is 44.2 Å². The fourth-order valence-electron chi connectivity index (χ4n) is 5.01. The maximum absolute atomic E-state index is 4.77. The number of fused-ring (bicyclic) bond motifs is 2.